The van der Waals surface area contributed by atoms with E-state index in [9.17, 15) is 68.5 Å². The average Bonchev–Trinajstić information content (AvgIpc) is 2.42. The summed E-state index contributed by atoms with van der Waals surface area (Å²) in [5, 5.41) is 98.8. The molecule has 80 heavy (non-hydrogen) atoms. The smallest absolute Gasteiger partial charge is 0.726 e. The van der Waals surface area contributed by atoms with Gasteiger partial charge in [0.15, 0.2) is 25.2 Å². The number of methoxy groups -OCH3 is 1. The van der Waals surface area contributed by atoms with Gasteiger partial charge >= 0.3 is 35.5 Å². The second-order valence-electron chi connectivity index (χ2n) is 24.8. The van der Waals surface area contributed by atoms with Crippen molar-refractivity contribution in [2.75, 3.05) is 33.5 Å². The van der Waals surface area contributed by atoms with E-state index in [1.54, 1.807) is 0 Å². The van der Waals surface area contributed by atoms with Crippen LogP contribution in [0.2, 0.25) is 0 Å². The number of carbonyl (C=O) groups excluding carboxylic acids is 2. The normalized spacial score (nSPS) is 49.1. The summed E-state index contributed by atoms with van der Waals surface area (Å²) in [6.45, 7) is 13.5. The number of allylic oxidation sites excluding steroid dienone is 3. The maximum absolute atomic E-state index is 14.4. The number of ketones is 1. The number of aliphatic hydroxyl groups excluding tert-OH is 9. The summed E-state index contributed by atoms with van der Waals surface area (Å²) in [6, 6.07) is 0. The van der Waals surface area contributed by atoms with Crippen LogP contribution in [0.3, 0.4) is 0 Å². The number of carbonyl (C=O) groups is 2. The molecule has 0 aromatic carbocycles. The standard InChI is InChI=1S/C53H82O25S.Na/c1-23(2)10-9-15-52(7)43-26(56)18-51(6)25-11-12-31-49(3,4)32(14-16-50(31,5)24(25)13-17-53(43,51)48(64)77-52)73-47-42(34(59)30(22-70-47)78-79(65,66)67)76-45-36(61)35(60)40(29(20-55)72-45)75-44-37(62)39(27(57)21-69-44)74-46-38(63)41(68-8)33(58)28(19-54)71-46;/h13,25,27-47,54-55,57-63H,1,9-12,14-22H2,2-8H3,(H,65,66,67);/q;+1/p-1/t25?,27-,28?,29?,30-,31?,32?,33-,34?,35?,36?,37?,38?,39?,40-,41?,42?,43?,44+,45+,46+,47+,50-,51+,52+,53?;/m1./s1. The zero-order chi connectivity index (χ0) is 57.7. The molecule has 0 aromatic heterocycles. The number of hydrogen-bond donors (Lipinski definition) is 9. The van der Waals surface area contributed by atoms with Gasteiger partial charge in [-0.2, -0.15) is 0 Å². The third-order valence-corrected chi connectivity index (χ3v) is 20.2. The van der Waals surface area contributed by atoms with E-state index in [0.717, 1.165) is 18.4 Å². The van der Waals surface area contributed by atoms with E-state index in [1.807, 2.05) is 13.8 Å². The number of hydrogen-bond acceptors (Lipinski definition) is 25. The van der Waals surface area contributed by atoms with Crippen LogP contribution in [-0.4, -0.2) is 227 Å². The molecule has 450 valence electrons. The van der Waals surface area contributed by atoms with Crippen LogP contribution in [0.5, 0.6) is 0 Å². The van der Waals surface area contributed by atoms with Crippen LogP contribution in [0.15, 0.2) is 23.8 Å². The number of ether oxygens (including phenoxy) is 10. The van der Waals surface area contributed by atoms with Gasteiger partial charge in [0.05, 0.1) is 43.9 Å². The Labute approximate surface area is 487 Å². The molecule has 9 N–H and O–H groups in total. The van der Waals surface area contributed by atoms with Gasteiger partial charge in [-0.25, -0.2) is 8.42 Å². The summed E-state index contributed by atoms with van der Waals surface area (Å²) in [5.41, 5.74) is -1.44. The molecule has 4 aliphatic carbocycles. The summed E-state index contributed by atoms with van der Waals surface area (Å²) >= 11 is 0. The number of rotatable bonds is 17. The number of fused-ring (bicyclic) bond motifs is 4. The van der Waals surface area contributed by atoms with E-state index in [0.29, 0.717) is 38.5 Å². The number of Topliss-reactive ketones (excluding diaryl/α,β-unsaturated/α-hetero) is 1. The first-order chi connectivity index (χ1) is 37.0. The Hall–Kier alpha value is -1.23. The quantitative estimate of drug-likeness (QED) is 0.0167. The first-order valence-corrected chi connectivity index (χ1v) is 28.8. The second kappa shape index (κ2) is 24.1. The van der Waals surface area contributed by atoms with Crippen molar-refractivity contribution in [3.63, 3.8) is 0 Å². The van der Waals surface area contributed by atoms with Gasteiger partial charge in [0.1, 0.15) is 96.8 Å². The zero-order valence-electron chi connectivity index (χ0n) is 46.6. The third kappa shape index (κ3) is 11.2. The molecular weight excluding hydrogens is 1090 g/mol. The molecule has 1 spiro atoms. The predicted molar refractivity (Wildman–Crippen MR) is 265 cm³/mol. The molecule has 27 heteroatoms. The summed E-state index contributed by atoms with van der Waals surface area (Å²) in [7, 11) is -4.25. The monoisotopic (exact) mass is 1170 g/mol. The Morgan fingerprint density at radius 2 is 1.39 bits per heavy atom. The SMILES string of the molecule is C=C(C)CCC[C@]1(C)OC(=O)C23CC=C4C(CCC5C(C)(C)C(O[C@@H]6OC[C@@H](OS(=O)(=O)[O-])C(O)C6O[C@@H]6OC(CO)[C@@H](O[C@@H]7OC[C@@H](O)C(O[C@@H]8OC(CO)[C@@H](O)C(OC)C8O)C7O)C(O)C6O)CC[C@]45C)[C@]2(C)CC(=O)C31.[Na+]. The second-order valence-corrected chi connectivity index (χ2v) is 25.8. The Kier molecular flexibility index (Phi) is 19.5. The molecule has 0 aromatic rings. The van der Waals surface area contributed by atoms with Gasteiger partial charge in [0.2, 0.25) is 10.4 Å². The molecular formula is C53H81NaO25S. The van der Waals surface area contributed by atoms with Crippen LogP contribution in [0.25, 0.3) is 0 Å². The fraction of sp³-hybridized carbons (Fsp3) is 0.887. The van der Waals surface area contributed by atoms with E-state index in [4.69, 9.17) is 47.4 Å². The van der Waals surface area contributed by atoms with Gasteiger partial charge in [-0.05, 0) is 93.3 Å². The Morgan fingerprint density at radius 1 is 0.762 bits per heavy atom. The fourth-order valence-corrected chi connectivity index (χ4v) is 16.3. The Bertz CT molecular complexity index is 2400. The molecule has 25 nitrogen and oxygen atoms in total. The van der Waals surface area contributed by atoms with Gasteiger partial charge in [0.25, 0.3) is 0 Å². The van der Waals surface area contributed by atoms with Crippen LogP contribution < -0.4 is 29.6 Å². The molecule has 9 aliphatic rings. The van der Waals surface area contributed by atoms with Crippen LogP contribution in [0.4, 0.5) is 0 Å². The van der Waals surface area contributed by atoms with Crippen molar-refractivity contribution < 1.29 is 150 Å². The maximum atomic E-state index is 14.4. The molecule has 15 unspecified atom stereocenters. The van der Waals surface area contributed by atoms with E-state index < -0.39 is 187 Å². The van der Waals surface area contributed by atoms with Crippen LogP contribution in [0.1, 0.15) is 99.3 Å². The summed E-state index contributed by atoms with van der Waals surface area (Å²) in [5.74, 6) is -0.929. The summed E-state index contributed by atoms with van der Waals surface area (Å²) in [6.07, 6.45) is -24.3. The minimum Gasteiger partial charge on any atom is -0.726 e. The van der Waals surface area contributed by atoms with E-state index in [2.05, 4.69) is 44.5 Å². The number of esters is 1. The minimum absolute atomic E-state index is 0. The summed E-state index contributed by atoms with van der Waals surface area (Å²) in [4.78, 5) is 28.7. The summed E-state index contributed by atoms with van der Waals surface area (Å²) < 4.78 is 99.2. The van der Waals surface area contributed by atoms with Crippen LogP contribution in [0, 0.1) is 39.4 Å². The molecule has 5 heterocycles. The molecule has 9 rings (SSSR count). The van der Waals surface area contributed by atoms with Crippen molar-refractivity contribution in [1.29, 1.82) is 0 Å². The molecule has 5 saturated heterocycles. The van der Waals surface area contributed by atoms with Gasteiger partial charge in [-0.3, -0.25) is 13.8 Å². The maximum Gasteiger partial charge on any atom is 1.00 e. The molecule has 0 radical (unpaired) electrons. The van der Waals surface area contributed by atoms with Crippen LogP contribution in [-0.2, 0) is 71.5 Å². The predicted octanol–water partition coefficient (Wildman–Crippen LogP) is -4.11. The van der Waals surface area contributed by atoms with Crippen molar-refractivity contribution >= 4 is 22.2 Å². The van der Waals surface area contributed by atoms with Crippen molar-refractivity contribution in [3.8, 4) is 0 Å². The number of cyclic esters (lactones) is 1. The molecule has 0 bridgehead atoms. The van der Waals surface area contributed by atoms with Gasteiger partial charge in [-0.1, -0.05) is 44.9 Å². The minimum atomic E-state index is -5.44. The van der Waals surface area contributed by atoms with E-state index in [-0.39, 0.29) is 59.6 Å². The molecule has 0 amide bonds. The van der Waals surface area contributed by atoms with Crippen LogP contribution >= 0.6 is 0 Å². The van der Waals surface area contributed by atoms with Gasteiger partial charge in [0, 0.05) is 13.5 Å². The first-order valence-electron chi connectivity index (χ1n) is 27.4. The first kappa shape index (κ1) is 64.8. The fourth-order valence-electron chi connectivity index (χ4n) is 15.8. The van der Waals surface area contributed by atoms with Crippen molar-refractivity contribution in [1.82, 2.24) is 0 Å². The largest absolute Gasteiger partial charge is 1.00 e. The average molecular weight is 1170 g/mol. The number of aliphatic hydroxyl groups is 9. The van der Waals surface area contributed by atoms with Gasteiger partial charge < -0.3 is 97.9 Å². The van der Waals surface area contributed by atoms with Crippen molar-refractivity contribution in [2.45, 2.75) is 222 Å². The van der Waals surface area contributed by atoms with E-state index >= 15 is 0 Å². The van der Waals surface area contributed by atoms with Crippen molar-refractivity contribution in [2.24, 2.45) is 39.4 Å². The Balaban J connectivity index is 0.00000841. The van der Waals surface area contributed by atoms with Gasteiger partial charge in [-0.15, -0.1) is 6.58 Å². The molecule has 26 atom stereocenters. The molecule has 5 aliphatic heterocycles. The Morgan fingerprint density at radius 3 is 2.04 bits per heavy atom. The third-order valence-electron chi connectivity index (χ3n) is 19.7. The molecule has 3 saturated carbocycles. The topological polar surface area (TPSA) is 375 Å². The zero-order valence-corrected chi connectivity index (χ0v) is 49.5. The molecule has 8 fully saturated rings. The van der Waals surface area contributed by atoms with Crippen molar-refractivity contribution in [3.05, 3.63) is 23.8 Å². The van der Waals surface area contributed by atoms with E-state index in [1.165, 1.54) is 12.7 Å².